The highest BCUT2D eigenvalue weighted by Crippen LogP contribution is 2.40. The van der Waals surface area contributed by atoms with Gasteiger partial charge in [-0.05, 0) is 6.92 Å². The summed E-state index contributed by atoms with van der Waals surface area (Å²) in [5.41, 5.74) is -1.91. The van der Waals surface area contributed by atoms with Crippen molar-refractivity contribution < 1.29 is 28.3 Å². The van der Waals surface area contributed by atoms with Crippen LogP contribution in [-0.2, 0) is 14.4 Å². The van der Waals surface area contributed by atoms with Crippen molar-refractivity contribution in [1.82, 2.24) is 4.90 Å². The summed E-state index contributed by atoms with van der Waals surface area (Å²) in [6.45, 7) is 3.06. The predicted octanol–water partition coefficient (Wildman–Crippen LogP) is 1.61. The van der Waals surface area contributed by atoms with Gasteiger partial charge in [-0.15, -0.1) is 0 Å². The van der Waals surface area contributed by atoms with Gasteiger partial charge in [0.05, 0.1) is 6.54 Å². The van der Waals surface area contributed by atoms with Crippen molar-refractivity contribution in [3.05, 3.63) is 0 Å². The molecule has 1 rings (SSSR count). The summed E-state index contributed by atoms with van der Waals surface area (Å²) >= 11 is 0.914. The van der Waals surface area contributed by atoms with Crippen LogP contribution >= 0.6 is 11.8 Å². The summed E-state index contributed by atoms with van der Waals surface area (Å²) in [5, 5.41) is 8.95. The molecule has 0 radical (unpaired) electrons. The lowest BCUT2D eigenvalue weighted by atomic mass is 9.97. The Hall–Kier alpha value is -1.18. The van der Waals surface area contributed by atoms with Crippen molar-refractivity contribution in [1.29, 1.82) is 0 Å². The van der Waals surface area contributed by atoms with Crippen LogP contribution in [0, 0.1) is 5.92 Å². The average Bonchev–Trinajstić information content (AvgIpc) is 2.56. The SMILES string of the molecule is CC(=O)SCC(C)C(=O)N1CC(F)(F)C[C@]1(C)C(=O)O. The fraction of sp³-hybridized carbons (Fsp3) is 0.750. The van der Waals surface area contributed by atoms with Crippen LogP contribution in [-0.4, -0.2) is 50.8 Å². The number of rotatable bonds is 4. The van der Waals surface area contributed by atoms with E-state index in [2.05, 4.69) is 0 Å². The number of likely N-dealkylation sites (tertiary alicyclic amines) is 1. The third kappa shape index (κ3) is 3.47. The lowest BCUT2D eigenvalue weighted by molar-refractivity contribution is -0.156. The van der Waals surface area contributed by atoms with E-state index in [0.717, 1.165) is 23.6 Å². The van der Waals surface area contributed by atoms with Gasteiger partial charge in [0, 0.05) is 25.0 Å². The van der Waals surface area contributed by atoms with E-state index in [1.54, 1.807) is 0 Å². The van der Waals surface area contributed by atoms with Gasteiger partial charge in [-0.1, -0.05) is 18.7 Å². The predicted molar refractivity (Wildman–Crippen MR) is 69.6 cm³/mol. The molecule has 1 amide bonds. The number of nitrogens with zero attached hydrogens (tertiary/aromatic N) is 1. The van der Waals surface area contributed by atoms with Crippen LogP contribution in [0.25, 0.3) is 0 Å². The second kappa shape index (κ2) is 5.67. The average molecular weight is 309 g/mol. The zero-order chi connectivity index (χ0) is 15.7. The second-order valence-corrected chi connectivity index (χ2v) is 6.44. The van der Waals surface area contributed by atoms with Gasteiger partial charge in [-0.3, -0.25) is 9.59 Å². The number of alkyl halides is 2. The van der Waals surface area contributed by atoms with Crippen molar-refractivity contribution in [2.75, 3.05) is 12.3 Å². The van der Waals surface area contributed by atoms with E-state index >= 15 is 0 Å². The molecule has 1 heterocycles. The molecular formula is C12H17F2NO4S. The molecule has 0 aromatic heterocycles. The highest BCUT2D eigenvalue weighted by molar-refractivity contribution is 8.13. The Kier molecular flexibility index (Phi) is 4.78. The topological polar surface area (TPSA) is 74.7 Å². The standard InChI is InChI=1S/C12H17F2NO4S/c1-7(4-20-8(2)16)9(17)15-6-12(13,14)5-11(15,3)10(18)19/h7H,4-6H2,1-3H3,(H,18,19)/t7?,11-/m1/s1. The minimum Gasteiger partial charge on any atom is -0.480 e. The molecule has 1 N–H and O–H groups in total. The van der Waals surface area contributed by atoms with Gasteiger partial charge in [0.25, 0.3) is 5.92 Å². The fourth-order valence-corrected chi connectivity index (χ4v) is 2.78. The zero-order valence-electron chi connectivity index (χ0n) is 11.5. The van der Waals surface area contributed by atoms with Crippen LogP contribution in [0.5, 0.6) is 0 Å². The third-order valence-corrected chi connectivity index (χ3v) is 4.35. The Morgan fingerprint density at radius 1 is 1.40 bits per heavy atom. The normalized spacial score (nSPS) is 26.4. The van der Waals surface area contributed by atoms with E-state index < -0.39 is 42.2 Å². The molecule has 0 saturated carbocycles. The van der Waals surface area contributed by atoms with Gasteiger partial charge in [-0.25, -0.2) is 13.6 Å². The molecule has 0 aromatic carbocycles. The molecular weight excluding hydrogens is 292 g/mol. The molecule has 20 heavy (non-hydrogen) atoms. The number of carboxylic acid groups (broad SMARTS) is 1. The largest absolute Gasteiger partial charge is 0.480 e. The molecule has 8 heteroatoms. The molecule has 1 fully saturated rings. The first-order chi connectivity index (χ1) is 8.99. The van der Waals surface area contributed by atoms with E-state index in [4.69, 9.17) is 5.11 Å². The molecule has 1 unspecified atom stereocenters. The van der Waals surface area contributed by atoms with Gasteiger partial charge in [0.2, 0.25) is 5.91 Å². The van der Waals surface area contributed by atoms with Gasteiger partial charge in [0.15, 0.2) is 5.12 Å². The van der Waals surface area contributed by atoms with Crippen LogP contribution in [0.3, 0.4) is 0 Å². The number of carbonyl (C=O) groups excluding carboxylic acids is 2. The Labute approximate surface area is 119 Å². The Morgan fingerprint density at radius 3 is 2.40 bits per heavy atom. The first kappa shape index (κ1) is 16.9. The molecule has 2 atom stereocenters. The molecule has 5 nitrogen and oxygen atoms in total. The van der Waals surface area contributed by atoms with E-state index in [9.17, 15) is 23.2 Å². The summed E-state index contributed by atoms with van der Waals surface area (Å²) in [4.78, 5) is 35.0. The molecule has 1 aliphatic heterocycles. The molecule has 1 aliphatic rings. The first-order valence-corrected chi connectivity index (χ1v) is 7.04. The lowest BCUT2D eigenvalue weighted by Gasteiger charge is -2.32. The van der Waals surface area contributed by atoms with Crippen molar-refractivity contribution in [2.24, 2.45) is 5.92 Å². The van der Waals surface area contributed by atoms with Crippen molar-refractivity contribution >= 4 is 28.8 Å². The van der Waals surface area contributed by atoms with Gasteiger partial charge in [-0.2, -0.15) is 0 Å². The molecule has 0 bridgehead atoms. The van der Waals surface area contributed by atoms with Gasteiger partial charge in [0.1, 0.15) is 5.54 Å². The third-order valence-electron chi connectivity index (χ3n) is 3.27. The first-order valence-electron chi connectivity index (χ1n) is 6.06. The van der Waals surface area contributed by atoms with Gasteiger partial charge < -0.3 is 10.0 Å². The molecule has 114 valence electrons. The highest BCUT2D eigenvalue weighted by Gasteiger charge is 2.58. The molecule has 0 spiro atoms. The highest BCUT2D eigenvalue weighted by atomic mass is 32.2. The smallest absolute Gasteiger partial charge is 0.329 e. The Balaban J connectivity index is 2.89. The van der Waals surface area contributed by atoms with E-state index in [-0.39, 0.29) is 10.9 Å². The van der Waals surface area contributed by atoms with E-state index in [1.807, 2.05) is 0 Å². The number of amides is 1. The summed E-state index contributed by atoms with van der Waals surface area (Å²) < 4.78 is 26.9. The summed E-state index contributed by atoms with van der Waals surface area (Å²) in [6.07, 6.45) is -0.895. The number of thioether (sulfide) groups is 1. The Morgan fingerprint density at radius 2 is 1.95 bits per heavy atom. The van der Waals surface area contributed by atoms with Gasteiger partial charge >= 0.3 is 5.97 Å². The second-order valence-electron chi connectivity index (χ2n) is 5.24. The maximum Gasteiger partial charge on any atom is 0.329 e. The summed E-state index contributed by atoms with van der Waals surface area (Å²) in [7, 11) is 0. The summed E-state index contributed by atoms with van der Waals surface area (Å²) in [5.74, 6) is -5.88. The van der Waals surface area contributed by atoms with Crippen molar-refractivity contribution in [2.45, 2.75) is 38.7 Å². The van der Waals surface area contributed by atoms with Crippen molar-refractivity contribution in [3.63, 3.8) is 0 Å². The van der Waals surface area contributed by atoms with E-state index in [1.165, 1.54) is 13.8 Å². The quantitative estimate of drug-likeness (QED) is 0.854. The van der Waals surface area contributed by atoms with E-state index in [0.29, 0.717) is 0 Å². The van der Waals surface area contributed by atoms with Crippen LogP contribution in [0.1, 0.15) is 27.2 Å². The molecule has 0 aromatic rings. The maximum atomic E-state index is 13.5. The number of hydrogen-bond acceptors (Lipinski definition) is 4. The number of carboxylic acids is 1. The molecule has 1 saturated heterocycles. The van der Waals surface area contributed by atoms with Crippen molar-refractivity contribution in [3.8, 4) is 0 Å². The van der Waals surface area contributed by atoms with Crippen LogP contribution in [0.4, 0.5) is 8.78 Å². The number of halogens is 2. The maximum absolute atomic E-state index is 13.5. The minimum atomic E-state index is -3.21. The zero-order valence-corrected chi connectivity index (χ0v) is 12.3. The number of hydrogen-bond donors (Lipinski definition) is 1. The number of aliphatic carboxylic acids is 1. The fourth-order valence-electron chi connectivity index (χ4n) is 2.15. The lowest BCUT2D eigenvalue weighted by Crippen LogP contribution is -2.52. The Bertz CT molecular complexity index is 443. The monoisotopic (exact) mass is 309 g/mol. The van der Waals surface area contributed by atoms with Crippen LogP contribution in [0.2, 0.25) is 0 Å². The number of carbonyl (C=O) groups is 3. The summed E-state index contributed by atoms with van der Waals surface area (Å²) in [6, 6.07) is 0. The van der Waals surface area contributed by atoms with Crippen LogP contribution < -0.4 is 0 Å². The minimum absolute atomic E-state index is 0.145. The van der Waals surface area contributed by atoms with Crippen LogP contribution in [0.15, 0.2) is 0 Å². The molecule has 0 aliphatic carbocycles.